The van der Waals surface area contributed by atoms with Gasteiger partial charge in [0.1, 0.15) is 5.82 Å². The Morgan fingerprint density at radius 1 is 0.808 bits per heavy atom. The Hall–Kier alpha value is -3.60. The summed E-state index contributed by atoms with van der Waals surface area (Å²) in [4.78, 5) is 19.7. The summed E-state index contributed by atoms with van der Waals surface area (Å²) in [5.74, 6) is 2.08. The summed E-state index contributed by atoms with van der Waals surface area (Å²) in [6, 6.07) is 21.1. The first kappa shape index (κ1) is 14.7. The number of nitrogens with one attached hydrogen (secondary N) is 1. The number of ether oxygens (including phenoxy) is 2. The second kappa shape index (κ2) is 5.74. The van der Waals surface area contributed by atoms with E-state index in [-0.39, 0.29) is 12.4 Å². The lowest BCUT2D eigenvalue weighted by Gasteiger charge is -2.06. The quantitative estimate of drug-likeness (QED) is 0.598. The molecule has 5 nitrogen and oxygen atoms in total. The van der Waals surface area contributed by atoms with Crippen molar-refractivity contribution in [3.8, 4) is 34.0 Å². The predicted octanol–water partition coefficient (Wildman–Crippen LogP) is 3.99. The van der Waals surface area contributed by atoms with Gasteiger partial charge in [0.2, 0.25) is 6.79 Å². The molecule has 0 amide bonds. The summed E-state index contributed by atoms with van der Waals surface area (Å²) in [5.41, 5.74) is 3.50. The molecule has 0 saturated heterocycles. The highest BCUT2D eigenvalue weighted by molar-refractivity contribution is 5.79. The SMILES string of the molecule is O=c1[nH]c(-c2ccc(-c3ccc4c(c3)OCO4)cc2)nc2ccccc12. The van der Waals surface area contributed by atoms with Crippen molar-refractivity contribution < 1.29 is 9.47 Å². The highest BCUT2D eigenvalue weighted by Gasteiger charge is 2.14. The maximum atomic E-state index is 12.2. The van der Waals surface area contributed by atoms with Gasteiger partial charge in [-0.2, -0.15) is 0 Å². The Morgan fingerprint density at radius 3 is 2.42 bits per heavy atom. The molecule has 26 heavy (non-hydrogen) atoms. The van der Waals surface area contributed by atoms with Crippen LogP contribution in [0, 0.1) is 0 Å². The number of para-hydroxylation sites is 1. The Balaban J connectivity index is 1.53. The van der Waals surface area contributed by atoms with Crippen molar-refractivity contribution in [2.45, 2.75) is 0 Å². The largest absolute Gasteiger partial charge is 0.454 e. The molecule has 0 bridgehead atoms. The summed E-state index contributed by atoms with van der Waals surface area (Å²) >= 11 is 0. The van der Waals surface area contributed by atoms with Crippen LogP contribution in [0.15, 0.2) is 71.5 Å². The van der Waals surface area contributed by atoms with Crippen LogP contribution in [-0.2, 0) is 0 Å². The average molecular weight is 342 g/mol. The standard InChI is InChI=1S/C21H14N2O3/c24-21-16-3-1-2-4-17(16)22-20(23-21)14-7-5-13(6-8-14)15-9-10-18-19(11-15)26-12-25-18/h1-11H,12H2,(H,22,23,24). The zero-order valence-electron chi connectivity index (χ0n) is 13.7. The van der Waals surface area contributed by atoms with Crippen molar-refractivity contribution in [2.75, 3.05) is 6.79 Å². The normalized spacial score (nSPS) is 12.5. The number of fused-ring (bicyclic) bond motifs is 2. The molecule has 1 N–H and O–H groups in total. The number of hydrogen-bond donors (Lipinski definition) is 1. The third-order valence-electron chi connectivity index (χ3n) is 4.48. The number of rotatable bonds is 2. The molecule has 0 spiro atoms. The Kier molecular flexibility index (Phi) is 3.25. The second-order valence-corrected chi connectivity index (χ2v) is 6.08. The van der Waals surface area contributed by atoms with Crippen molar-refractivity contribution in [2.24, 2.45) is 0 Å². The van der Waals surface area contributed by atoms with Crippen LogP contribution >= 0.6 is 0 Å². The number of nitrogens with zero attached hydrogens (tertiary/aromatic N) is 1. The molecule has 0 saturated carbocycles. The Labute approximate surface area is 148 Å². The molecule has 0 radical (unpaired) electrons. The van der Waals surface area contributed by atoms with Gasteiger partial charge in [-0.1, -0.05) is 42.5 Å². The minimum Gasteiger partial charge on any atom is -0.454 e. The van der Waals surface area contributed by atoms with E-state index in [1.807, 2.05) is 60.7 Å². The lowest BCUT2D eigenvalue weighted by atomic mass is 10.0. The first-order valence-corrected chi connectivity index (χ1v) is 8.27. The van der Waals surface area contributed by atoms with Crippen LogP contribution in [0.2, 0.25) is 0 Å². The van der Waals surface area contributed by atoms with Gasteiger partial charge in [-0.05, 0) is 35.4 Å². The van der Waals surface area contributed by atoms with Crippen LogP contribution in [-0.4, -0.2) is 16.8 Å². The van der Waals surface area contributed by atoms with E-state index in [1.165, 1.54) is 0 Å². The van der Waals surface area contributed by atoms with Crippen molar-refractivity contribution in [3.63, 3.8) is 0 Å². The van der Waals surface area contributed by atoms with Gasteiger partial charge >= 0.3 is 0 Å². The van der Waals surface area contributed by atoms with Gasteiger partial charge in [-0.25, -0.2) is 4.98 Å². The third kappa shape index (κ3) is 2.41. The van der Waals surface area contributed by atoms with E-state index in [4.69, 9.17) is 9.47 Å². The molecule has 4 aromatic rings. The first-order chi connectivity index (χ1) is 12.8. The molecule has 1 aromatic heterocycles. The molecule has 0 unspecified atom stereocenters. The molecule has 1 aliphatic heterocycles. The fourth-order valence-corrected chi connectivity index (χ4v) is 3.12. The zero-order chi connectivity index (χ0) is 17.5. The van der Waals surface area contributed by atoms with Crippen LogP contribution < -0.4 is 15.0 Å². The lowest BCUT2D eigenvalue weighted by molar-refractivity contribution is 0.174. The van der Waals surface area contributed by atoms with Gasteiger partial charge in [0, 0.05) is 5.56 Å². The lowest BCUT2D eigenvalue weighted by Crippen LogP contribution is -2.09. The zero-order valence-corrected chi connectivity index (χ0v) is 13.7. The van der Waals surface area contributed by atoms with Gasteiger partial charge in [0.05, 0.1) is 10.9 Å². The number of benzene rings is 3. The summed E-state index contributed by atoms with van der Waals surface area (Å²) in [5, 5.41) is 0.591. The highest BCUT2D eigenvalue weighted by atomic mass is 16.7. The van der Waals surface area contributed by atoms with Gasteiger partial charge in [0.15, 0.2) is 11.5 Å². The van der Waals surface area contributed by atoms with E-state index in [0.29, 0.717) is 16.7 Å². The summed E-state index contributed by atoms with van der Waals surface area (Å²) in [7, 11) is 0. The third-order valence-corrected chi connectivity index (χ3v) is 4.48. The summed E-state index contributed by atoms with van der Waals surface area (Å²) in [6.45, 7) is 0.263. The van der Waals surface area contributed by atoms with Gasteiger partial charge < -0.3 is 14.5 Å². The Morgan fingerprint density at radius 2 is 1.54 bits per heavy atom. The van der Waals surface area contributed by atoms with Crippen molar-refractivity contribution in [1.29, 1.82) is 0 Å². The van der Waals surface area contributed by atoms with Crippen LogP contribution in [0.1, 0.15) is 0 Å². The van der Waals surface area contributed by atoms with Crippen LogP contribution in [0.3, 0.4) is 0 Å². The van der Waals surface area contributed by atoms with E-state index in [0.717, 1.165) is 28.2 Å². The van der Waals surface area contributed by atoms with E-state index in [1.54, 1.807) is 6.07 Å². The molecule has 5 rings (SSSR count). The molecular formula is C21H14N2O3. The molecule has 126 valence electrons. The molecule has 0 fully saturated rings. The van der Waals surface area contributed by atoms with Crippen molar-refractivity contribution in [1.82, 2.24) is 9.97 Å². The molecular weight excluding hydrogens is 328 g/mol. The van der Waals surface area contributed by atoms with Gasteiger partial charge in [-0.3, -0.25) is 4.79 Å². The molecule has 5 heteroatoms. The van der Waals surface area contributed by atoms with Crippen LogP contribution in [0.25, 0.3) is 33.4 Å². The number of aromatic nitrogens is 2. The first-order valence-electron chi connectivity index (χ1n) is 8.27. The molecule has 0 aliphatic carbocycles. The predicted molar refractivity (Wildman–Crippen MR) is 99.4 cm³/mol. The fraction of sp³-hybridized carbons (Fsp3) is 0.0476. The summed E-state index contributed by atoms with van der Waals surface area (Å²) < 4.78 is 10.8. The van der Waals surface area contributed by atoms with E-state index in [2.05, 4.69) is 9.97 Å². The van der Waals surface area contributed by atoms with E-state index < -0.39 is 0 Å². The molecule has 0 atom stereocenters. The molecule has 2 heterocycles. The minimum absolute atomic E-state index is 0.134. The summed E-state index contributed by atoms with van der Waals surface area (Å²) in [6.07, 6.45) is 0. The molecule has 1 aliphatic rings. The van der Waals surface area contributed by atoms with Crippen LogP contribution in [0.4, 0.5) is 0 Å². The highest BCUT2D eigenvalue weighted by Crippen LogP contribution is 2.36. The van der Waals surface area contributed by atoms with E-state index >= 15 is 0 Å². The average Bonchev–Trinajstić information content (AvgIpc) is 3.16. The minimum atomic E-state index is -0.134. The van der Waals surface area contributed by atoms with E-state index in [9.17, 15) is 4.79 Å². The van der Waals surface area contributed by atoms with Crippen LogP contribution in [0.5, 0.6) is 11.5 Å². The maximum absolute atomic E-state index is 12.2. The number of aromatic amines is 1. The van der Waals surface area contributed by atoms with Gasteiger partial charge in [-0.15, -0.1) is 0 Å². The maximum Gasteiger partial charge on any atom is 0.259 e. The number of hydrogen-bond acceptors (Lipinski definition) is 4. The Bertz CT molecular complexity index is 1180. The second-order valence-electron chi connectivity index (χ2n) is 6.08. The van der Waals surface area contributed by atoms with Crippen molar-refractivity contribution in [3.05, 3.63) is 77.1 Å². The van der Waals surface area contributed by atoms with Gasteiger partial charge in [0.25, 0.3) is 5.56 Å². The molecule has 3 aromatic carbocycles. The topological polar surface area (TPSA) is 64.2 Å². The fourth-order valence-electron chi connectivity index (χ4n) is 3.12. The monoisotopic (exact) mass is 342 g/mol. The van der Waals surface area contributed by atoms with Crippen molar-refractivity contribution >= 4 is 10.9 Å². The number of H-pyrrole nitrogens is 1. The smallest absolute Gasteiger partial charge is 0.259 e.